The van der Waals surface area contributed by atoms with Gasteiger partial charge in [0.25, 0.3) is 5.91 Å². The quantitative estimate of drug-likeness (QED) is 0.518. The Labute approximate surface area is 176 Å². The number of anilines is 1. The van der Waals surface area contributed by atoms with Crippen LogP contribution in [-0.4, -0.2) is 31.2 Å². The summed E-state index contributed by atoms with van der Waals surface area (Å²) in [5.41, 5.74) is 1.33. The zero-order valence-electron chi connectivity index (χ0n) is 14.9. The number of benzene rings is 2. The van der Waals surface area contributed by atoms with E-state index >= 15 is 0 Å². The van der Waals surface area contributed by atoms with Gasteiger partial charge in [0, 0.05) is 6.07 Å². The van der Waals surface area contributed by atoms with Gasteiger partial charge in [-0.2, -0.15) is 0 Å². The van der Waals surface area contributed by atoms with Crippen molar-refractivity contribution in [2.45, 2.75) is 0 Å². The first-order valence-electron chi connectivity index (χ1n) is 8.11. The third kappa shape index (κ3) is 3.28. The molecule has 2 heterocycles. The Hall–Kier alpha value is -2.42. The fourth-order valence-corrected chi connectivity index (χ4v) is 4.48. The lowest BCUT2D eigenvalue weighted by Crippen LogP contribution is -2.27. The van der Waals surface area contributed by atoms with Gasteiger partial charge in [0.2, 0.25) is 6.79 Å². The van der Waals surface area contributed by atoms with Crippen molar-refractivity contribution in [3.05, 3.63) is 45.8 Å². The van der Waals surface area contributed by atoms with Crippen molar-refractivity contribution in [1.82, 2.24) is 0 Å². The highest BCUT2D eigenvalue weighted by Gasteiger charge is 2.34. The lowest BCUT2D eigenvalue weighted by molar-refractivity contribution is -0.113. The molecule has 0 aliphatic carbocycles. The minimum absolute atomic E-state index is 0.164. The van der Waals surface area contributed by atoms with Gasteiger partial charge in [-0.1, -0.05) is 35.6 Å². The Morgan fingerprint density at radius 2 is 1.96 bits per heavy atom. The minimum atomic E-state index is -0.222. The monoisotopic (exact) mass is 435 g/mol. The second kappa shape index (κ2) is 7.54. The van der Waals surface area contributed by atoms with E-state index in [1.165, 1.54) is 30.9 Å². The smallest absolute Gasteiger partial charge is 0.270 e. The Morgan fingerprint density at radius 1 is 1.18 bits per heavy atom. The number of amides is 1. The molecule has 0 bridgehead atoms. The molecular weight excluding hydrogens is 422 g/mol. The number of hydrogen-bond donors (Lipinski definition) is 0. The molecule has 2 aliphatic rings. The van der Waals surface area contributed by atoms with E-state index in [2.05, 4.69) is 0 Å². The van der Waals surface area contributed by atoms with Gasteiger partial charge >= 0.3 is 0 Å². The molecule has 2 aromatic carbocycles. The summed E-state index contributed by atoms with van der Waals surface area (Å²) in [4.78, 5) is 14.9. The van der Waals surface area contributed by atoms with E-state index in [0.717, 1.165) is 0 Å². The molecule has 9 heteroatoms. The predicted octanol–water partition coefficient (Wildman–Crippen LogP) is 4.49. The van der Waals surface area contributed by atoms with E-state index in [1.807, 2.05) is 0 Å². The zero-order valence-corrected chi connectivity index (χ0v) is 17.2. The molecule has 1 amide bonds. The predicted molar refractivity (Wildman–Crippen MR) is 113 cm³/mol. The molecule has 0 atom stereocenters. The first-order valence-corrected chi connectivity index (χ1v) is 9.71. The van der Waals surface area contributed by atoms with Crippen LogP contribution in [0.15, 0.2) is 35.2 Å². The van der Waals surface area contributed by atoms with Crippen molar-refractivity contribution in [2.24, 2.45) is 0 Å². The Bertz CT molecular complexity index is 1020. The highest BCUT2D eigenvalue weighted by atomic mass is 35.5. The average Bonchev–Trinajstić information content (AvgIpc) is 3.25. The Morgan fingerprint density at radius 3 is 2.71 bits per heavy atom. The highest BCUT2D eigenvalue weighted by Crippen LogP contribution is 2.42. The molecule has 0 unspecified atom stereocenters. The minimum Gasteiger partial charge on any atom is -0.493 e. The van der Waals surface area contributed by atoms with Crippen molar-refractivity contribution in [2.75, 3.05) is 25.9 Å². The lowest BCUT2D eigenvalue weighted by Gasteiger charge is -2.14. The molecule has 4 rings (SSSR count). The summed E-state index contributed by atoms with van der Waals surface area (Å²) >= 11 is 12.9. The van der Waals surface area contributed by atoms with E-state index in [-0.39, 0.29) is 12.7 Å². The third-order valence-electron chi connectivity index (χ3n) is 4.16. The number of ether oxygens (including phenoxy) is 4. The lowest BCUT2D eigenvalue weighted by atomic mass is 10.1. The van der Waals surface area contributed by atoms with E-state index in [9.17, 15) is 4.79 Å². The maximum Gasteiger partial charge on any atom is 0.270 e. The molecule has 0 spiro atoms. The van der Waals surface area contributed by atoms with Crippen molar-refractivity contribution in [1.29, 1.82) is 0 Å². The summed E-state index contributed by atoms with van der Waals surface area (Å²) in [6, 6.07) is 8.72. The molecule has 1 fully saturated rings. The summed E-state index contributed by atoms with van der Waals surface area (Å²) in [5.74, 6) is 1.92. The first-order chi connectivity index (χ1) is 13.5. The number of halogens is 1. The van der Waals surface area contributed by atoms with Crippen molar-refractivity contribution in [3.8, 4) is 23.0 Å². The van der Waals surface area contributed by atoms with Gasteiger partial charge in [-0.3, -0.25) is 9.69 Å². The van der Waals surface area contributed by atoms with Crippen LogP contribution in [-0.2, 0) is 4.79 Å². The second-order valence-corrected chi connectivity index (χ2v) is 7.88. The number of nitrogens with zero attached hydrogens (tertiary/aromatic N) is 1. The standard InChI is InChI=1S/C19H14ClNO5S2/c1-23-15-6-10(5-12(20)17(15)24-2)7-16-18(22)21(19(27)28-16)11-3-4-13-14(8-11)26-9-25-13/h3-8H,9H2,1-2H3/b16-7-. The molecule has 0 saturated carbocycles. The van der Waals surface area contributed by atoms with Crippen LogP contribution < -0.4 is 23.8 Å². The van der Waals surface area contributed by atoms with Gasteiger partial charge in [-0.25, -0.2) is 0 Å². The molecule has 6 nitrogen and oxygen atoms in total. The average molecular weight is 436 g/mol. The molecule has 1 saturated heterocycles. The zero-order chi connectivity index (χ0) is 19.8. The molecule has 28 heavy (non-hydrogen) atoms. The maximum atomic E-state index is 13.0. The number of methoxy groups -OCH3 is 2. The van der Waals surface area contributed by atoms with Crippen molar-refractivity contribution in [3.63, 3.8) is 0 Å². The Balaban J connectivity index is 1.67. The number of fused-ring (bicyclic) bond motifs is 1. The van der Waals surface area contributed by atoms with Crippen LogP contribution in [0.4, 0.5) is 5.69 Å². The summed E-state index contributed by atoms with van der Waals surface area (Å²) in [7, 11) is 3.04. The number of thioether (sulfide) groups is 1. The van der Waals surface area contributed by atoms with Crippen LogP contribution in [0.1, 0.15) is 5.56 Å². The van der Waals surface area contributed by atoms with Gasteiger partial charge in [0.15, 0.2) is 27.3 Å². The fraction of sp³-hybridized carbons (Fsp3) is 0.158. The molecular formula is C19H14ClNO5S2. The van der Waals surface area contributed by atoms with Crippen LogP contribution >= 0.6 is 35.6 Å². The number of hydrogen-bond acceptors (Lipinski definition) is 7. The van der Waals surface area contributed by atoms with Crippen LogP contribution in [0.25, 0.3) is 6.08 Å². The SMILES string of the molecule is COc1cc(/C=C2\SC(=S)N(c3ccc4c(c3)OCO4)C2=O)cc(Cl)c1OC. The summed E-state index contributed by atoms with van der Waals surface area (Å²) in [6.07, 6.45) is 1.72. The highest BCUT2D eigenvalue weighted by molar-refractivity contribution is 8.27. The normalized spacial score (nSPS) is 16.8. The van der Waals surface area contributed by atoms with Gasteiger partial charge in [0.1, 0.15) is 0 Å². The summed E-state index contributed by atoms with van der Waals surface area (Å²) in [5, 5.41) is 0.388. The number of rotatable bonds is 4. The molecule has 0 radical (unpaired) electrons. The molecule has 144 valence electrons. The van der Waals surface area contributed by atoms with Crippen LogP contribution in [0.2, 0.25) is 5.02 Å². The molecule has 0 N–H and O–H groups in total. The van der Waals surface area contributed by atoms with Gasteiger partial charge in [-0.05, 0) is 35.9 Å². The van der Waals surface area contributed by atoms with Crippen molar-refractivity contribution < 1.29 is 23.7 Å². The first kappa shape index (κ1) is 18.9. The summed E-state index contributed by atoms with van der Waals surface area (Å²) < 4.78 is 21.7. The van der Waals surface area contributed by atoms with E-state index in [1.54, 1.807) is 36.4 Å². The van der Waals surface area contributed by atoms with E-state index < -0.39 is 0 Å². The van der Waals surface area contributed by atoms with Crippen LogP contribution in [0.3, 0.4) is 0 Å². The molecule has 0 aromatic heterocycles. The molecule has 2 aliphatic heterocycles. The van der Waals surface area contributed by atoms with Crippen LogP contribution in [0, 0.1) is 0 Å². The largest absolute Gasteiger partial charge is 0.493 e. The van der Waals surface area contributed by atoms with Crippen LogP contribution in [0.5, 0.6) is 23.0 Å². The van der Waals surface area contributed by atoms with Gasteiger partial charge in [0.05, 0.1) is 29.8 Å². The van der Waals surface area contributed by atoms with Gasteiger partial charge in [-0.15, -0.1) is 0 Å². The number of carbonyl (C=O) groups is 1. The van der Waals surface area contributed by atoms with Gasteiger partial charge < -0.3 is 18.9 Å². The van der Waals surface area contributed by atoms with E-state index in [0.29, 0.717) is 48.5 Å². The topological polar surface area (TPSA) is 57.2 Å². The number of carbonyl (C=O) groups excluding carboxylic acids is 1. The van der Waals surface area contributed by atoms with E-state index in [4.69, 9.17) is 42.8 Å². The van der Waals surface area contributed by atoms with Crippen molar-refractivity contribution >= 4 is 57.6 Å². The summed E-state index contributed by atoms with van der Waals surface area (Å²) in [6.45, 7) is 0.164. The third-order valence-corrected chi connectivity index (χ3v) is 5.74. The second-order valence-electron chi connectivity index (χ2n) is 5.79. The maximum absolute atomic E-state index is 13.0. The Kier molecular flexibility index (Phi) is 5.09. The fourth-order valence-electron chi connectivity index (χ4n) is 2.89. The molecule has 2 aromatic rings. The number of thiocarbonyl (C=S) groups is 1.